The fourth-order valence-electron chi connectivity index (χ4n) is 2.84. The molecule has 120 valence electrons. The molecule has 0 radical (unpaired) electrons. The Kier molecular flexibility index (Phi) is 4.56. The van der Waals surface area contributed by atoms with Gasteiger partial charge >= 0.3 is 0 Å². The van der Waals surface area contributed by atoms with E-state index in [9.17, 15) is 0 Å². The molecule has 1 saturated heterocycles. The minimum Gasteiger partial charge on any atom is -0.462 e. The summed E-state index contributed by atoms with van der Waals surface area (Å²) in [4.78, 5) is 2.25. The summed E-state index contributed by atoms with van der Waals surface area (Å²) in [5.74, 6) is 2.94. The molecule has 0 bridgehead atoms. The van der Waals surface area contributed by atoms with E-state index in [0.717, 1.165) is 24.5 Å². The molecule has 0 N–H and O–H groups in total. The average Bonchev–Trinajstić information content (AvgIpc) is 3.20. The number of hydrogen-bond acceptors (Lipinski definition) is 7. The van der Waals surface area contributed by atoms with E-state index in [-0.39, 0.29) is 12.1 Å². The van der Waals surface area contributed by atoms with Crippen molar-refractivity contribution in [3.05, 3.63) is 35.4 Å². The van der Waals surface area contributed by atoms with E-state index in [4.69, 9.17) is 18.3 Å². The lowest BCUT2D eigenvalue weighted by Crippen LogP contribution is -2.24. The Hall–Kier alpha value is -1.70. The first-order valence-electron chi connectivity index (χ1n) is 7.33. The number of aromatic nitrogens is 2. The standard InChI is InChI=1S/C15H21N3O4/c1-10-16-17-15(21-10)14-6-13(20-3)8-18(14)7-11-4-5-12(22-11)9-19-2/h4-5,13-14H,6-9H2,1-3H3/t13-,14-/m1/s1. The largest absolute Gasteiger partial charge is 0.462 e. The van der Waals surface area contributed by atoms with Crippen LogP contribution in [0.1, 0.15) is 35.8 Å². The second-order valence-corrected chi connectivity index (χ2v) is 5.50. The van der Waals surface area contributed by atoms with Crippen molar-refractivity contribution >= 4 is 0 Å². The van der Waals surface area contributed by atoms with Crippen LogP contribution in [0.2, 0.25) is 0 Å². The molecule has 0 aromatic carbocycles. The third kappa shape index (κ3) is 3.21. The Morgan fingerprint density at radius 1 is 1.23 bits per heavy atom. The van der Waals surface area contributed by atoms with Gasteiger partial charge in [-0.2, -0.15) is 0 Å². The summed E-state index contributed by atoms with van der Waals surface area (Å²) in [5, 5.41) is 8.09. The molecule has 0 saturated carbocycles. The monoisotopic (exact) mass is 307 g/mol. The van der Waals surface area contributed by atoms with Crippen molar-refractivity contribution in [3.63, 3.8) is 0 Å². The number of likely N-dealkylation sites (tertiary alicyclic amines) is 1. The molecule has 0 spiro atoms. The highest BCUT2D eigenvalue weighted by molar-refractivity contribution is 5.08. The number of ether oxygens (including phenoxy) is 2. The lowest BCUT2D eigenvalue weighted by atomic mass is 10.2. The SMILES string of the molecule is COCc1ccc(CN2C[C@H](OC)C[C@@H]2c2nnc(C)o2)o1. The third-order valence-corrected chi connectivity index (χ3v) is 3.89. The summed E-state index contributed by atoms with van der Waals surface area (Å²) in [6.45, 7) is 3.76. The Labute approximate surface area is 129 Å². The summed E-state index contributed by atoms with van der Waals surface area (Å²) in [7, 11) is 3.38. The predicted molar refractivity (Wildman–Crippen MR) is 77.0 cm³/mol. The van der Waals surface area contributed by atoms with Crippen LogP contribution in [0.25, 0.3) is 0 Å². The van der Waals surface area contributed by atoms with Gasteiger partial charge in [0.15, 0.2) is 0 Å². The molecule has 2 aromatic heterocycles. The van der Waals surface area contributed by atoms with Gasteiger partial charge in [-0.05, 0) is 18.6 Å². The fourth-order valence-corrected chi connectivity index (χ4v) is 2.84. The van der Waals surface area contributed by atoms with Crippen LogP contribution in [0, 0.1) is 6.92 Å². The normalized spacial score (nSPS) is 22.5. The van der Waals surface area contributed by atoms with E-state index in [2.05, 4.69) is 15.1 Å². The van der Waals surface area contributed by atoms with Gasteiger partial charge in [-0.25, -0.2) is 0 Å². The molecule has 22 heavy (non-hydrogen) atoms. The van der Waals surface area contributed by atoms with Gasteiger partial charge in [-0.3, -0.25) is 4.90 Å². The first-order valence-corrected chi connectivity index (χ1v) is 7.33. The highest BCUT2D eigenvalue weighted by Crippen LogP contribution is 2.34. The zero-order chi connectivity index (χ0) is 15.5. The quantitative estimate of drug-likeness (QED) is 0.808. The molecule has 7 heteroatoms. The first kappa shape index (κ1) is 15.2. The topological polar surface area (TPSA) is 73.8 Å². The van der Waals surface area contributed by atoms with E-state index >= 15 is 0 Å². The van der Waals surface area contributed by atoms with Gasteiger partial charge in [0.25, 0.3) is 0 Å². The molecule has 0 aliphatic carbocycles. The fraction of sp³-hybridized carbons (Fsp3) is 0.600. The lowest BCUT2D eigenvalue weighted by Gasteiger charge is -2.19. The molecule has 3 rings (SSSR count). The Morgan fingerprint density at radius 3 is 2.73 bits per heavy atom. The van der Waals surface area contributed by atoms with Crippen LogP contribution in [-0.2, 0) is 22.6 Å². The number of furan rings is 1. The zero-order valence-corrected chi connectivity index (χ0v) is 13.1. The van der Waals surface area contributed by atoms with Crippen LogP contribution in [0.5, 0.6) is 0 Å². The minimum absolute atomic E-state index is 0.0575. The van der Waals surface area contributed by atoms with Gasteiger partial charge in [0, 0.05) is 27.7 Å². The first-order chi connectivity index (χ1) is 10.7. The number of aryl methyl sites for hydroxylation is 1. The summed E-state index contributed by atoms with van der Waals surface area (Å²) >= 11 is 0. The van der Waals surface area contributed by atoms with Gasteiger partial charge in [0.1, 0.15) is 18.1 Å². The van der Waals surface area contributed by atoms with Crippen molar-refractivity contribution in [3.8, 4) is 0 Å². The van der Waals surface area contributed by atoms with E-state index < -0.39 is 0 Å². The van der Waals surface area contributed by atoms with E-state index in [1.807, 2.05) is 12.1 Å². The van der Waals surface area contributed by atoms with E-state index in [1.54, 1.807) is 21.1 Å². The average molecular weight is 307 g/mol. The molecule has 3 heterocycles. The van der Waals surface area contributed by atoms with Crippen molar-refractivity contribution in [2.75, 3.05) is 20.8 Å². The highest BCUT2D eigenvalue weighted by atomic mass is 16.5. The molecule has 2 atom stereocenters. The van der Waals surface area contributed by atoms with Crippen LogP contribution in [-0.4, -0.2) is 42.0 Å². The second kappa shape index (κ2) is 6.60. The predicted octanol–water partition coefficient (Wildman–Crippen LogP) is 2.08. The summed E-state index contributed by atoms with van der Waals surface area (Å²) < 4.78 is 21.9. The summed E-state index contributed by atoms with van der Waals surface area (Å²) in [6.07, 6.45) is 0.995. The van der Waals surface area contributed by atoms with Crippen LogP contribution in [0.3, 0.4) is 0 Å². The molecule has 7 nitrogen and oxygen atoms in total. The smallest absolute Gasteiger partial charge is 0.233 e. The Balaban J connectivity index is 1.74. The number of nitrogens with zero attached hydrogens (tertiary/aromatic N) is 3. The lowest BCUT2D eigenvalue weighted by molar-refractivity contribution is 0.105. The van der Waals surface area contributed by atoms with E-state index in [0.29, 0.717) is 24.9 Å². The third-order valence-electron chi connectivity index (χ3n) is 3.89. The van der Waals surface area contributed by atoms with E-state index in [1.165, 1.54) is 0 Å². The van der Waals surface area contributed by atoms with Gasteiger partial charge in [-0.1, -0.05) is 0 Å². The summed E-state index contributed by atoms with van der Waals surface area (Å²) in [5.41, 5.74) is 0. The molecule has 1 aliphatic heterocycles. The van der Waals surface area contributed by atoms with Crippen LogP contribution in [0.4, 0.5) is 0 Å². The number of methoxy groups -OCH3 is 2. The van der Waals surface area contributed by atoms with Gasteiger partial charge < -0.3 is 18.3 Å². The van der Waals surface area contributed by atoms with Crippen LogP contribution < -0.4 is 0 Å². The van der Waals surface area contributed by atoms with Crippen LogP contribution in [0.15, 0.2) is 21.0 Å². The van der Waals surface area contributed by atoms with Crippen molar-refractivity contribution in [2.24, 2.45) is 0 Å². The van der Waals surface area contributed by atoms with Crippen molar-refractivity contribution in [2.45, 2.75) is 38.6 Å². The highest BCUT2D eigenvalue weighted by Gasteiger charge is 2.36. The van der Waals surface area contributed by atoms with Crippen molar-refractivity contribution in [1.82, 2.24) is 15.1 Å². The van der Waals surface area contributed by atoms with Crippen molar-refractivity contribution < 1.29 is 18.3 Å². The maximum Gasteiger partial charge on any atom is 0.233 e. The van der Waals surface area contributed by atoms with Crippen molar-refractivity contribution in [1.29, 1.82) is 0 Å². The molecular weight excluding hydrogens is 286 g/mol. The molecule has 2 aromatic rings. The maximum absolute atomic E-state index is 5.77. The molecule has 1 aliphatic rings. The summed E-state index contributed by atoms with van der Waals surface area (Å²) in [6, 6.07) is 3.97. The Bertz CT molecular complexity index is 609. The Morgan fingerprint density at radius 2 is 2.05 bits per heavy atom. The molecule has 0 amide bonds. The van der Waals surface area contributed by atoms with Gasteiger partial charge in [0.2, 0.25) is 11.8 Å². The minimum atomic E-state index is 0.0575. The van der Waals surface area contributed by atoms with Gasteiger partial charge in [-0.15, -0.1) is 10.2 Å². The molecule has 1 fully saturated rings. The zero-order valence-electron chi connectivity index (χ0n) is 13.1. The molecule has 0 unspecified atom stereocenters. The second-order valence-electron chi connectivity index (χ2n) is 5.50. The maximum atomic E-state index is 5.77. The van der Waals surface area contributed by atoms with Gasteiger partial charge in [0.05, 0.1) is 18.7 Å². The number of rotatable bonds is 6. The number of hydrogen-bond donors (Lipinski definition) is 0. The van der Waals surface area contributed by atoms with Crippen LogP contribution >= 0.6 is 0 Å². The molecular formula is C15H21N3O4.